The van der Waals surface area contributed by atoms with Gasteiger partial charge in [-0.3, -0.25) is 14.4 Å². The molecular formula is C48H55NO14. The van der Waals surface area contributed by atoms with Crippen LogP contribution >= 0.6 is 0 Å². The summed E-state index contributed by atoms with van der Waals surface area (Å²) in [4.78, 5) is 68.6. The standard InChI is InChI=1S/C48H55NO14/c1-26-32(61-44(56)37(53)36(29-17-11-8-12-18-29)49-42(54)30-19-13-9-14-20-30)24-48(57)41(62-43(55)31-21-15-10-16-22-31)39-46(6,33(52)23-34-47(39,25-59-34)63-28(3)51)40(58-7)38(60-27(2)50)35(26)45(48,4)5/h8-22,32-34,36-41,52-53,57H,23-25H2,1-7H3,(H,49,54)/t32-,33-,34+,36-,37+,38+,39-,40-,41-,46+,47-,48+/m0/s1. The molecule has 0 aromatic heterocycles. The first-order valence-corrected chi connectivity index (χ1v) is 21.0. The Kier molecular flexibility index (Phi) is 12.5. The first kappa shape index (κ1) is 45.6. The van der Waals surface area contributed by atoms with E-state index in [4.69, 9.17) is 28.4 Å². The lowest BCUT2D eigenvalue weighted by Crippen LogP contribution is -2.82. The molecule has 3 fully saturated rings. The van der Waals surface area contributed by atoms with E-state index < -0.39 is 113 Å². The maximum Gasteiger partial charge on any atom is 0.338 e. The Balaban J connectivity index is 1.40. The van der Waals surface area contributed by atoms with Gasteiger partial charge in [0, 0.05) is 50.2 Å². The van der Waals surface area contributed by atoms with Crippen LogP contribution in [0.15, 0.2) is 102 Å². The van der Waals surface area contributed by atoms with Crippen LogP contribution in [-0.2, 0) is 42.8 Å². The molecule has 7 rings (SSSR count). The summed E-state index contributed by atoms with van der Waals surface area (Å²) in [7, 11) is 1.36. The van der Waals surface area contributed by atoms with Crippen LogP contribution in [0, 0.1) is 16.7 Å². The van der Waals surface area contributed by atoms with Crippen LogP contribution in [0.4, 0.5) is 0 Å². The Morgan fingerprint density at radius 2 is 1.40 bits per heavy atom. The number of aliphatic hydroxyl groups is 3. The second kappa shape index (κ2) is 17.3. The van der Waals surface area contributed by atoms with E-state index in [0.29, 0.717) is 11.1 Å². The number of aliphatic hydroxyl groups excluding tert-OH is 2. The van der Waals surface area contributed by atoms with Crippen LogP contribution in [-0.4, -0.2) is 113 Å². The van der Waals surface area contributed by atoms with Gasteiger partial charge in [0.05, 0.1) is 30.2 Å². The smallest absolute Gasteiger partial charge is 0.338 e. The van der Waals surface area contributed by atoms with Gasteiger partial charge in [-0.2, -0.15) is 0 Å². The topological polar surface area (TPSA) is 213 Å². The summed E-state index contributed by atoms with van der Waals surface area (Å²) in [5.74, 6) is -5.37. The van der Waals surface area contributed by atoms with E-state index in [2.05, 4.69) is 5.32 Å². The van der Waals surface area contributed by atoms with Crippen molar-refractivity contribution in [2.45, 2.75) is 114 Å². The number of amides is 1. The van der Waals surface area contributed by atoms with Gasteiger partial charge in [0.15, 0.2) is 17.8 Å². The highest BCUT2D eigenvalue weighted by molar-refractivity contribution is 5.95. The van der Waals surface area contributed by atoms with E-state index in [-0.39, 0.29) is 29.7 Å². The number of carbonyl (C=O) groups is 5. The molecule has 3 aliphatic carbocycles. The first-order valence-electron chi connectivity index (χ1n) is 21.0. The summed E-state index contributed by atoms with van der Waals surface area (Å²) in [5.41, 5.74) is -5.72. The van der Waals surface area contributed by atoms with Gasteiger partial charge in [-0.25, -0.2) is 9.59 Å². The summed E-state index contributed by atoms with van der Waals surface area (Å²) >= 11 is 0. The van der Waals surface area contributed by atoms with Crippen LogP contribution in [0.25, 0.3) is 0 Å². The van der Waals surface area contributed by atoms with E-state index in [1.54, 1.807) is 107 Å². The van der Waals surface area contributed by atoms with Crippen molar-refractivity contribution in [1.29, 1.82) is 0 Å². The molecule has 2 bridgehead atoms. The average Bonchev–Trinajstić information content (AvgIpc) is 3.25. The lowest BCUT2D eigenvalue weighted by Gasteiger charge is -2.69. The van der Waals surface area contributed by atoms with Gasteiger partial charge in [-0.15, -0.1) is 0 Å². The number of carbonyl (C=O) groups excluding carboxylic acids is 5. The zero-order chi connectivity index (χ0) is 45.6. The second-order valence-corrected chi connectivity index (χ2v) is 17.8. The van der Waals surface area contributed by atoms with Gasteiger partial charge in [-0.1, -0.05) is 87.5 Å². The Bertz CT molecular complexity index is 2250. The van der Waals surface area contributed by atoms with Gasteiger partial charge in [0.25, 0.3) is 5.91 Å². The largest absolute Gasteiger partial charge is 0.456 e. The molecule has 12 atom stereocenters. The highest BCUT2D eigenvalue weighted by atomic mass is 16.6. The van der Waals surface area contributed by atoms with Crippen molar-refractivity contribution in [1.82, 2.24) is 5.32 Å². The van der Waals surface area contributed by atoms with Crippen molar-refractivity contribution < 1.29 is 67.7 Å². The Morgan fingerprint density at radius 3 is 1.94 bits per heavy atom. The van der Waals surface area contributed by atoms with Crippen molar-refractivity contribution in [2.24, 2.45) is 16.7 Å². The SMILES string of the molecule is CO[C@H]1[C@H](OC(C)=O)C2=C(C)[C@@H](OC(=O)[C@H](O)[C@@H](NC(=O)c3ccccc3)c3ccccc3)C[C@@](O)([C@@H](OC(=O)c3ccccc3)[C@@H]3[C@]4(OC(C)=O)CO[C@@H]4C[C@H](O)[C@]31C)C2(C)C. The summed E-state index contributed by atoms with van der Waals surface area (Å²) in [5, 5.41) is 40.8. The van der Waals surface area contributed by atoms with Crippen LogP contribution < -0.4 is 5.32 Å². The molecule has 3 aromatic rings. The highest BCUT2D eigenvalue weighted by Crippen LogP contribution is 2.65. The molecule has 4 N–H and O–H groups in total. The first-order chi connectivity index (χ1) is 29.8. The number of methoxy groups -OCH3 is 1. The molecule has 4 aliphatic rings. The number of fused-ring (bicyclic) bond motifs is 5. The predicted octanol–water partition coefficient (Wildman–Crippen LogP) is 4.18. The molecular weight excluding hydrogens is 815 g/mol. The third-order valence-electron chi connectivity index (χ3n) is 13.9. The fourth-order valence-corrected chi connectivity index (χ4v) is 10.8. The summed E-state index contributed by atoms with van der Waals surface area (Å²) in [6.45, 7) is 8.83. The van der Waals surface area contributed by atoms with E-state index >= 15 is 0 Å². The van der Waals surface area contributed by atoms with Gasteiger partial charge < -0.3 is 49.1 Å². The number of hydrogen-bond donors (Lipinski definition) is 4. The van der Waals surface area contributed by atoms with E-state index in [1.165, 1.54) is 33.1 Å². The molecule has 0 unspecified atom stereocenters. The molecule has 3 aromatic carbocycles. The maximum atomic E-state index is 14.4. The number of rotatable bonds is 11. The second-order valence-electron chi connectivity index (χ2n) is 17.8. The summed E-state index contributed by atoms with van der Waals surface area (Å²) in [6, 6.07) is 23.4. The molecule has 15 heteroatoms. The van der Waals surface area contributed by atoms with Crippen molar-refractivity contribution >= 4 is 29.8 Å². The van der Waals surface area contributed by atoms with E-state index in [9.17, 15) is 39.3 Å². The minimum atomic E-state index is -2.30. The Morgan fingerprint density at radius 1 is 0.810 bits per heavy atom. The average molecular weight is 870 g/mol. The van der Waals surface area contributed by atoms with Crippen molar-refractivity contribution in [2.75, 3.05) is 13.7 Å². The zero-order valence-corrected chi connectivity index (χ0v) is 36.3. The van der Waals surface area contributed by atoms with Crippen LogP contribution in [0.3, 0.4) is 0 Å². The molecule has 1 saturated heterocycles. The molecule has 336 valence electrons. The Labute approximate surface area is 365 Å². The van der Waals surface area contributed by atoms with Crippen molar-refractivity contribution in [3.8, 4) is 0 Å². The van der Waals surface area contributed by atoms with Crippen LogP contribution in [0.2, 0.25) is 0 Å². The molecule has 2 saturated carbocycles. The van der Waals surface area contributed by atoms with E-state index in [1.807, 2.05) is 0 Å². The number of ether oxygens (including phenoxy) is 6. The van der Waals surface area contributed by atoms with Gasteiger partial charge in [0.2, 0.25) is 0 Å². The molecule has 15 nitrogen and oxygen atoms in total. The highest BCUT2D eigenvalue weighted by Gasteiger charge is 2.78. The molecule has 1 heterocycles. The molecule has 0 radical (unpaired) electrons. The van der Waals surface area contributed by atoms with Crippen LogP contribution in [0.5, 0.6) is 0 Å². The number of esters is 4. The molecule has 1 amide bonds. The lowest BCUT2D eigenvalue weighted by atomic mass is 9.44. The third kappa shape index (κ3) is 7.73. The molecule has 0 spiro atoms. The summed E-state index contributed by atoms with van der Waals surface area (Å²) in [6.07, 6.45) is -10.5. The quantitative estimate of drug-likeness (QED) is 0.121. The maximum absolute atomic E-state index is 14.4. The predicted molar refractivity (Wildman–Crippen MR) is 223 cm³/mol. The summed E-state index contributed by atoms with van der Waals surface area (Å²) < 4.78 is 37.4. The van der Waals surface area contributed by atoms with E-state index in [0.717, 1.165) is 0 Å². The minimum Gasteiger partial charge on any atom is -0.456 e. The number of nitrogens with one attached hydrogen (secondary N) is 1. The number of benzene rings is 3. The zero-order valence-electron chi connectivity index (χ0n) is 36.3. The molecule has 1 aliphatic heterocycles. The monoisotopic (exact) mass is 869 g/mol. The van der Waals surface area contributed by atoms with Crippen molar-refractivity contribution in [3.63, 3.8) is 0 Å². The van der Waals surface area contributed by atoms with Gasteiger partial charge >= 0.3 is 23.9 Å². The Hall–Kier alpha value is -5.45. The number of hydrogen-bond acceptors (Lipinski definition) is 14. The normalized spacial score (nSPS) is 32.7. The van der Waals surface area contributed by atoms with Crippen molar-refractivity contribution in [3.05, 3.63) is 119 Å². The van der Waals surface area contributed by atoms with Gasteiger partial charge in [0.1, 0.15) is 30.0 Å². The fourth-order valence-electron chi connectivity index (χ4n) is 10.8. The fraction of sp³-hybridized carbons (Fsp3) is 0.479. The third-order valence-corrected chi connectivity index (χ3v) is 13.9. The minimum absolute atomic E-state index is 0.0619. The van der Waals surface area contributed by atoms with Crippen LogP contribution in [0.1, 0.15) is 86.7 Å². The lowest BCUT2D eigenvalue weighted by molar-refractivity contribution is -0.366. The van der Waals surface area contributed by atoms with Gasteiger partial charge in [-0.05, 0) is 47.9 Å². The molecule has 63 heavy (non-hydrogen) atoms.